The summed E-state index contributed by atoms with van der Waals surface area (Å²) < 4.78 is 0. The van der Waals surface area contributed by atoms with Crippen LogP contribution >= 0.6 is 11.8 Å². The zero-order valence-corrected chi connectivity index (χ0v) is 11.6. The third-order valence-corrected chi connectivity index (χ3v) is 4.29. The van der Waals surface area contributed by atoms with Gasteiger partial charge >= 0.3 is 6.03 Å². The van der Waals surface area contributed by atoms with E-state index in [1.807, 2.05) is 18.7 Å². The molecule has 1 aliphatic carbocycles. The van der Waals surface area contributed by atoms with Gasteiger partial charge in [0.15, 0.2) is 0 Å². The van der Waals surface area contributed by atoms with Crippen molar-refractivity contribution in [2.45, 2.75) is 43.9 Å². The number of hydrogen-bond donors (Lipinski definition) is 2. The van der Waals surface area contributed by atoms with E-state index in [-0.39, 0.29) is 12.6 Å². The first kappa shape index (κ1) is 14.6. The van der Waals surface area contributed by atoms with Crippen LogP contribution in [0, 0.1) is 0 Å². The third kappa shape index (κ3) is 4.76. The second kappa shape index (κ2) is 7.82. The number of nitrogens with zero attached hydrogens (tertiary/aromatic N) is 1. The quantitative estimate of drug-likeness (QED) is 0.764. The lowest BCUT2D eigenvalue weighted by molar-refractivity contribution is 0.174. The monoisotopic (exact) mass is 260 g/mol. The van der Waals surface area contributed by atoms with Gasteiger partial charge in [0.2, 0.25) is 0 Å². The van der Waals surface area contributed by atoms with Gasteiger partial charge < -0.3 is 15.3 Å². The molecule has 1 fully saturated rings. The lowest BCUT2D eigenvalue weighted by Crippen LogP contribution is -2.45. The molecule has 0 aromatic rings. The van der Waals surface area contributed by atoms with Gasteiger partial charge in [-0.15, -0.1) is 0 Å². The summed E-state index contributed by atoms with van der Waals surface area (Å²) in [7, 11) is 0. The third-order valence-electron chi connectivity index (χ3n) is 3.20. The van der Waals surface area contributed by atoms with Gasteiger partial charge in [0.25, 0.3) is 0 Å². The van der Waals surface area contributed by atoms with E-state index >= 15 is 0 Å². The van der Waals surface area contributed by atoms with E-state index in [1.54, 1.807) is 4.90 Å². The molecule has 5 heteroatoms. The van der Waals surface area contributed by atoms with Crippen molar-refractivity contribution >= 4 is 17.8 Å². The Hall–Kier alpha value is -0.420. The Balaban J connectivity index is 2.36. The van der Waals surface area contributed by atoms with Gasteiger partial charge in [-0.05, 0) is 31.9 Å². The molecule has 4 nitrogen and oxygen atoms in total. The minimum Gasteiger partial charge on any atom is -0.395 e. The summed E-state index contributed by atoms with van der Waals surface area (Å²) in [5.41, 5.74) is 0. The molecule has 0 aromatic heterocycles. The lowest BCUT2D eigenvalue weighted by atomic mass is 10.2. The standard InChI is InChI=1S/C12H24N2O2S/c1-3-6-14(7-8-15)12(16)13-10-4-5-11(9-10)17-2/h10-11,15H,3-9H2,1-2H3,(H,13,16). The van der Waals surface area contributed by atoms with Crippen LogP contribution in [-0.4, -0.2) is 53.3 Å². The Kier molecular flexibility index (Phi) is 6.73. The normalized spacial score (nSPS) is 23.7. The van der Waals surface area contributed by atoms with Crippen molar-refractivity contribution in [3.8, 4) is 0 Å². The van der Waals surface area contributed by atoms with Gasteiger partial charge in [0, 0.05) is 24.4 Å². The lowest BCUT2D eigenvalue weighted by Gasteiger charge is -2.24. The van der Waals surface area contributed by atoms with E-state index in [2.05, 4.69) is 11.6 Å². The molecule has 17 heavy (non-hydrogen) atoms. The molecule has 1 saturated carbocycles. The topological polar surface area (TPSA) is 52.6 Å². The van der Waals surface area contributed by atoms with Gasteiger partial charge in [-0.1, -0.05) is 6.92 Å². The number of aliphatic hydroxyl groups is 1. The van der Waals surface area contributed by atoms with Crippen molar-refractivity contribution in [1.82, 2.24) is 10.2 Å². The minimum absolute atomic E-state index is 0.0207. The molecule has 0 bridgehead atoms. The fourth-order valence-corrected chi connectivity index (χ4v) is 3.05. The van der Waals surface area contributed by atoms with Crippen molar-refractivity contribution < 1.29 is 9.90 Å². The second-order valence-corrected chi connectivity index (χ2v) is 5.67. The first-order valence-electron chi connectivity index (χ1n) is 6.40. The predicted molar refractivity (Wildman–Crippen MR) is 72.4 cm³/mol. The van der Waals surface area contributed by atoms with Crippen molar-refractivity contribution in [3.05, 3.63) is 0 Å². The molecule has 1 aliphatic rings. The average molecular weight is 260 g/mol. The average Bonchev–Trinajstić information content (AvgIpc) is 2.76. The predicted octanol–water partition coefficient (Wildman–Crippen LogP) is 1.68. The van der Waals surface area contributed by atoms with Gasteiger partial charge in [0.05, 0.1) is 6.61 Å². The Labute approximate surface area is 108 Å². The highest BCUT2D eigenvalue weighted by Crippen LogP contribution is 2.28. The van der Waals surface area contributed by atoms with Gasteiger partial charge in [-0.3, -0.25) is 0 Å². The maximum absolute atomic E-state index is 12.0. The highest BCUT2D eigenvalue weighted by atomic mass is 32.2. The van der Waals surface area contributed by atoms with E-state index in [1.165, 1.54) is 6.42 Å². The molecule has 0 aliphatic heterocycles. The summed E-state index contributed by atoms with van der Waals surface area (Å²) >= 11 is 1.89. The van der Waals surface area contributed by atoms with E-state index in [0.717, 1.165) is 19.3 Å². The number of thioether (sulfide) groups is 1. The molecule has 1 rings (SSSR count). The molecule has 0 spiro atoms. The zero-order chi connectivity index (χ0) is 12.7. The van der Waals surface area contributed by atoms with E-state index < -0.39 is 0 Å². The van der Waals surface area contributed by atoms with Crippen LogP contribution in [0.5, 0.6) is 0 Å². The minimum atomic E-state index is -0.0207. The molecule has 2 atom stereocenters. The maximum Gasteiger partial charge on any atom is 0.317 e. The highest BCUT2D eigenvalue weighted by Gasteiger charge is 2.26. The van der Waals surface area contributed by atoms with Crippen LogP contribution < -0.4 is 5.32 Å². The molecule has 0 saturated heterocycles. The van der Waals surface area contributed by atoms with Crippen molar-refractivity contribution in [2.24, 2.45) is 0 Å². The largest absolute Gasteiger partial charge is 0.395 e. The molecule has 0 aromatic carbocycles. The van der Waals surface area contributed by atoms with Crippen LogP contribution in [0.15, 0.2) is 0 Å². The molecular formula is C12H24N2O2S. The Morgan fingerprint density at radius 2 is 2.24 bits per heavy atom. The molecule has 0 heterocycles. The van der Waals surface area contributed by atoms with E-state index in [0.29, 0.717) is 24.4 Å². The molecular weight excluding hydrogens is 236 g/mol. The highest BCUT2D eigenvalue weighted by molar-refractivity contribution is 7.99. The summed E-state index contributed by atoms with van der Waals surface area (Å²) in [5, 5.41) is 12.7. The second-order valence-electron chi connectivity index (χ2n) is 4.53. The number of amides is 2. The van der Waals surface area contributed by atoms with Crippen molar-refractivity contribution in [1.29, 1.82) is 0 Å². The number of nitrogens with one attached hydrogen (secondary N) is 1. The summed E-state index contributed by atoms with van der Waals surface area (Å²) in [4.78, 5) is 13.7. The molecule has 2 unspecified atom stereocenters. The van der Waals surface area contributed by atoms with Gasteiger partial charge in [-0.25, -0.2) is 4.79 Å². The summed E-state index contributed by atoms with van der Waals surface area (Å²) in [6.45, 7) is 3.21. The van der Waals surface area contributed by atoms with Crippen LogP contribution in [-0.2, 0) is 0 Å². The fraction of sp³-hybridized carbons (Fsp3) is 0.917. The van der Waals surface area contributed by atoms with Crippen LogP contribution in [0.25, 0.3) is 0 Å². The van der Waals surface area contributed by atoms with E-state index in [9.17, 15) is 4.79 Å². The summed E-state index contributed by atoms with van der Waals surface area (Å²) in [6.07, 6.45) is 6.40. The smallest absolute Gasteiger partial charge is 0.317 e. The van der Waals surface area contributed by atoms with E-state index in [4.69, 9.17) is 5.11 Å². The van der Waals surface area contributed by atoms with Crippen LogP contribution in [0.1, 0.15) is 32.6 Å². The number of hydrogen-bond acceptors (Lipinski definition) is 3. The van der Waals surface area contributed by atoms with Crippen LogP contribution in [0.2, 0.25) is 0 Å². The first-order chi connectivity index (χ1) is 8.21. The summed E-state index contributed by atoms with van der Waals surface area (Å²) in [6, 6.07) is 0.297. The Bertz CT molecular complexity index is 233. The Morgan fingerprint density at radius 3 is 2.76 bits per heavy atom. The van der Waals surface area contributed by atoms with Crippen LogP contribution in [0.3, 0.4) is 0 Å². The number of carbonyl (C=O) groups is 1. The van der Waals surface area contributed by atoms with Crippen molar-refractivity contribution in [3.63, 3.8) is 0 Å². The number of aliphatic hydroxyl groups excluding tert-OH is 1. The van der Waals surface area contributed by atoms with Crippen molar-refractivity contribution in [2.75, 3.05) is 26.0 Å². The first-order valence-corrected chi connectivity index (χ1v) is 7.69. The van der Waals surface area contributed by atoms with Gasteiger partial charge in [0.1, 0.15) is 0 Å². The number of urea groups is 1. The molecule has 2 amide bonds. The molecule has 100 valence electrons. The zero-order valence-electron chi connectivity index (χ0n) is 10.8. The summed E-state index contributed by atoms with van der Waals surface area (Å²) in [5.74, 6) is 0. The SMILES string of the molecule is CCCN(CCO)C(=O)NC1CCC(SC)C1. The Morgan fingerprint density at radius 1 is 1.47 bits per heavy atom. The fourth-order valence-electron chi connectivity index (χ4n) is 2.26. The molecule has 0 radical (unpaired) electrons. The number of carbonyl (C=O) groups excluding carboxylic acids is 1. The maximum atomic E-state index is 12.0. The molecule has 2 N–H and O–H groups in total. The van der Waals surface area contributed by atoms with Gasteiger partial charge in [-0.2, -0.15) is 11.8 Å². The van der Waals surface area contributed by atoms with Crippen LogP contribution in [0.4, 0.5) is 4.79 Å². The number of rotatable bonds is 6.